The van der Waals surface area contributed by atoms with E-state index in [1.807, 2.05) is 20.0 Å². The molecule has 0 radical (unpaired) electrons. The second kappa shape index (κ2) is 7.45. The third kappa shape index (κ3) is 3.93. The van der Waals surface area contributed by atoms with E-state index in [1.54, 1.807) is 0 Å². The summed E-state index contributed by atoms with van der Waals surface area (Å²) in [5.41, 5.74) is 1.26. The summed E-state index contributed by atoms with van der Waals surface area (Å²) in [6, 6.07) is 10.3. The Hall–Kier alpha value is -1.39. The second-order valence-corrected chi connectivity index (χ2v) is 7.16. The minimum atomic E-state index is -0.0636. The van der Waals surface area contributed by atoms with Crippen molar-refractivity contribution in [1.29, 1.82) is 0 Å². The Bertz CT molecular complexity index is 505. The van der Waals surface area contributed by atoms with Gasteiger partial charge >= 0.3 is 0 Å². The van der Waals surface area contributed by atoms with Crippen molar-refractivity contribution < 1.29 is 4.79 Å². The summed E-state index contributed by atoms with van der Waals surface area (Å²) in [7, 11) is 2.05. The van der Waals surface area contributed by atoms with Crippen LogP contribution in [0.3, 0.4) is 0 Å². The van der Waals surface area contributed by atoms with Crippen LogP contribution in [0.5, 0.6) is 0 Å². The highest BCUT2D eigenvalue weighted by Crippen LogP contribution is 2.27. The lowest BCUT2D eigenvalue weighted by Crippen LogP contribution is -2.46. The van der Waals surface area contributed by atoms with E-state index in [1.165, 1.54) is 5.56 Å². The fourth-order valence-corrected chi connectivity index (χ4v) is 3.90. The Morgan fingerprint density at radius 2 is 1.83 bits per heavy atom. The van der Waals surface area contributed by atoms with Crippen LogP contribution < -0.4 is 5.32 Å². The van der Waals surface area contributed by atoms with E-state index in [0.717, 1.165) is 57.4 Å². The highest BCUT2D eigenvalue weighted by molar-refractivity contribution is 5.81. The molecule has 0 spiro atoms. The summed E-state index contributed by atoms with van der Waals surface area (Å²) in [6.07, 6.45) is 2.30. The van der Waals surface area contributed by atoms with Gasteiger partial charge in [0.15, 0.2) is 0 Å². The maximum absolute atomic E-state index is 12.9. The molecule has 3 atom stereocenters. The SMILES string of the molecule is CC(C(=O)N1CC[C@@H]2CNC[C@@H]2CC1)N(C)Cc1ccccc1. The van der Waals surface area contributed by atoms with E-state index in [-0.39, 0.29) is 11.9 Å². The minimum absolute atomic E-state index is 0.0636. The number of carbonyl (C=O) groups is 1. The van der Waals surface area contributed by atoms with Crippen molar-refractivity contribution in [2.24, 2.45) is 11.8 Å². The van der Waals surface area contributed by atoms with Crippen LogP contribution in [0, 0.1) is 11.8 Å². The van der Waals surface area contributed by atoms with Gasteiger partial charge in [0, 0.05) is 19.6 Å². The monoisotopic (exact) mass is 315 g/mol. The van der Waals surface area contributed by atoms with Crippen molar-refractivity contribution >= 4 is 5.91 Å². The lowest BCUT2D eigenvalue weighted by molar-refractivity contribution is -0.136. The van der Waals surface area contributed by atoms with E-state index >= 15 is 0 Å². The third-order valence-corrected chi connectivity index (χ3v) is 5.62. The quantitative estimate of drug-likeness (QED) is 0.923. The first-order valence-electron chi connectivity index (χ1n) is 8.89. The van der Waals surface area contributed by atoms with Gasteiger partial charge in [0.25, 0.3) is 0 Å². The number of hydrogen-bond donors (Lipinski definition) is 1. The molecule has 0 aromatic heterocycles. The van der Waals surface area contributed by atoms with Crippen LogP contribution in [-0.4, -0.2) is 55.0 Å². The van der Waals surface area contributed by atoms with Gasteiger partial charge in [-0.15, -0.1) is 0 Å². The van der Waals surface area contributed by atoms with Gasteiger partial charge in [0.05, 0.1) is 6.04 Å². The number of fused-ring (bicyclic) bond motifs is 1. The van der Waals surface area contributed by atoms with Crippen LogP contribution in [-0.2, 0) is 11.3 Å². The molecule has 2 aliphatic heterocycles. The number of amides is 1. The van der Waals surface area contributed by atoms with Crippen molar-refractivity contribution in [3.8, 4) is 0 Å². The van der Waals surface area contributed by atoms with Crippen molar-refractivity contribution in [1.82, 2.24) is 15.1 Å². The molecule has 3 rings (SSSR count). The zero-order chi connectivity index (χ0) is 16.2. The predicted octanol–water partition coefficient (Wildman–Crippen LogP) is 1.96. The standard InChI is InChI=1S/C19H29N3O/c1-15(21(2)14-16-6-4-3-5-7-16)19(23)22-10-8-17-12-20-13-18(17)9-11-22/h3-7,15,17-18,20H,8-14H2,1-2H3/t15?,17-,18+. The van der Waals surface area contributed by atoms with E-state index in [4.69, 9.17) is 0 Å². The number of hydrogen-bond acceptors (Lipinski definition) is 3. The summed E-state index contributed by atoms with van der Waals surface area (Å²) in [5.74, 6) is 1.83. The van der Waals surface area contributed by atoms with Crippen LogP contribution >= 0.6 is 0 Å². The second-order valence-electron chi connectivity index (χ2n) is 7.16. The molecule has 2 fully saturated rings. The number of carbonyl (C=O) groups excluding carboxylic acids is 1. The van der Waals surface area contributed by atoms with Crippen molar-refractivity contribution in [2.45, 2.75) is 32.4 Å². The lowest BCUT2D eigenvalue weighted by atomic mass is 9.92. The Labute approximate surface area is 139 Å². The van der Waals surface area contributed by atoms with E-state index in [9.17, 15) is 4.79 Å². The Morgan fingerprint density at radius 3 is 2.43 bits per heavy atom. The topological polar surface area (TPSA) is 35.6 Å². The molecule has 4 nitrogen and oxygen atoms in total. The molecule has 1 aromatic carbocycles. The zero-order valence-corrected chi connectivity index (χ0v) is 14.4. The van der Waals surface area contributed by atoms with E-state index < -0.39 is 0 Å². The molecule has 126 valence electrons. The fraction of sp³-hybridized carbons (Fsp3) is 0.632. The summed E-state index contributed by atoms with van der Waals surface area (Å²) in [6.45, 7) is 6.97. The molecule has 1 N–H and O–H groups in total. The summed E-state index contributed by atoms with van der Waals surface area (Å²) < 4.78 is 0. The van der Waals surface area contributed by atoms with Crippen molar-refractivity contribution in [3.63, 3.8) is 0 Å². The molecule has 1 aromatic rings. The van der Waals surface area contributed by atoms with Gasteiger partial charge in [-0.2, -0.15) is 0 Å². The normalized spacial score (nSPS) is 26.0. The summed E-state index contributed by atoms with van der Waals surface area (Å²) >= 11 is 0. The summed E-state index contributed by atoms with van der Waals surface area (Å²) in [5, 5.41) is 3.49. The smallest absolute Gasteiger partial charge is 0.239 e. The summed E-state index contributed by atoms with van der Waals surface area (Å²) in [4.78, 5) is 17.1. The van der Waals surface area contributed by atoms with Crippen molar-refractivity contribution in [2.75, 3.05) is 33.2 Å². The Morgan fingerprint density at radius 1 is 1.22 bits per heavy atom. The van der Waals surface area contributed by atoms with Crippen LogP contribution in [0.2, 0.25) is 0 Å². The molecule has 1 unspecified atom stereocenters. The lowest BCUT2D eigenvalue weighted by Gasteiger charge is -2.30. The average molecular weight is 315 g/mol. The Balaban J connectivity index is 1.56. The first-order chi connectivity index (χ1) is 11.1. The highest BCUT2D eigenvalue weighted by atomic mass is 16.2. The molecule has 0 bridgehead atoms. The van der Waals surface area contributed by atoms with Gasteiger partial charge in [-0.25, -0.2) is 0 Å². The number of nitrogens with one attached hydrogen (secondary N) is 1. The van der Waals surface area contributed by atoms with Gasteiger partial charge in [0.2, 0.25) is 5.91 Å². The van der Waals surface area contributed by atoms with E-state index in [0.29, 0.717) is 0 Å². The van der Waals surface area contributed by atoms with Gasteiger partial charge in [-0.3, -0.25) is 9.69 Å². The number of rotatable bonds is 4. The number of likely N-dealkylation sites (tertiary alicyclic amines) is 1. The largest absolute Gasteiger partial charge is 0.341 e. The number of likely N-dealkylation sites (N-methyl/N-ethyl adjacent to an activating group) is 1. The molecule has 2 saturated heterocycles. The molecule has 1 amide bonds. The van der Waals surface area contributed by atoms with Gasteiger partial charge in [-0.1, -0.05) is 30.3 Å². The number of benzene rings is 1. The van der Waals surface area contributed by atoms with Crippen LogP contribution in [0.1, 0.15) is 25.3 Å². The van der Waals surface area contributed by atoms with Crippen LogP contribution in [0.4, 0.5) is 0 Å². The Kier molecular flexibility index (Phi) is 5.34. The van der Waals surface area contributed by atoms with Gasteiger partial charge in [0.1, 0.15) is 0 Å². The number of nitrogens with zero attached hydrogens (tertiary/aromatic N) is 2. The van der Waals surface area contributed by atoms with E-state index in [2.05, 4.69) is 39.4 Å². The van der Waals surface area contributed by atoms with Gasteiger partial charge in [-0.05, 0) is 57.3 Å². The van der Waals surface area contributed by atoms with Crippen LogP contribution in [0.25, 0.3) is 0 Å². The minimum Gasteiger partial charge on any atom is -0.341 e. The van der Waals surface area contributed by atoms with Crippen LogP contribution in [0.15, 0.2) is 30.3 Å². The predicted molar refractivity (Wildman–Crippen MR) is 93.0 cm³/mol. The molecule has 23 heavy (non-hydrogen) atoms. The molecule has 0 aliphatic carbocycles. The third-order valence-electron chi connectivity index (χ3n) is 5.62. The molecular formula is C19H29N3O. The van der Waals surface area contributed by atoms with Gasteiger partial charge < -0.3 is 10.2 Å². The maximum Gasteiger partial charge on any atom is 0.239 e. The first kappa shape index (κ1) is 16.5. The highest BCUT2D eigenvalue weighted by Gasteiger charge is 2.33. The average Bonchev–Trinajstić information content (AvgIpc) is 2.93. The molecule has 4 heteroatoms. The van der Waals surface area contributed by atoms with Crippen molar-refractivity contribution in [3.05, 3.63) is 35.9 Å². The first-order valence-corrected chi connectivity index (χ1v) is 8.89. The molecule has 2 aliphatic rings. The molecule has 0 saturated carbocycles. The maximum atomic E-state index is 12.9. The zero-order valence-electron chi connectivity index (χ0n) is 14.4. The molecule has 2 heterocycles. The molecular weight excluding hydrogens is 286 g/mol. The fourth-order valence-electron chi connectivity index (χ4n) is 3.90.